The third-order valence-electron chi connectivity index (χ3n) is 3.37. The molecule has 0 aromatic carbocycles. The smallest absolute Gasteiger partial charge is 0.0512 e. The third kappa shape index (κ3) is 3.58. The maximum atomic E-state index is 9.13. The molecule has 1 N–H and O–H groups in total. The van der Waals surface area contributed by atoms with Gasteiger partial charge in [0.1, 0.15) is 0 Å². The molecule has 0 radical (unpaired) electrons. The minimum absolute atomic E-state index is 0.124. The Balaban J connectivity index is 2.12. The van der Waals surface area contributed by atoms with Gasteiger partial charge in [-0.25, -0.2) is 0 Å². The Labute approximate surface area is 88.3 Å². The topological polar surface area (TPSA) is 23.5 Å². The molecule has 0 saturated carbocycles. The van der Waals surface area contributed by atoms with Crippen LogP contribution < -0.4 is 0 Å². The van der Waals surface area contributed by atoms with Crippen molar-refractivity contribution in [1.29, 1.82) is 0 Å². The van der Waals surface area contributed by atoms with Crippen LogP contribution in [0.2, 0.25) is 0 Å². The average Bonchev–Trinajstić information content (AvgIpc) is 2.39. The number of hydrogen-bond donors (Lipinski definition) is 1. The average molecular weight is 199 g/mol. The lowest BCUT2D eigenvalue weighted by Gasteiger charge is -2.31. The second-order valence-corrected chi connectivity index (χ2v) is 5.25. The van der Waals surface area contributed by atoms with Gasteiger partial charge < -0.3 is 5.11 Å². The number of aliphatic hydroxyl groups excluding tert-OH is 1. The number of hydrogen-bond acceptors (Lipinski definition) is 2. The first-order valence-electron chi connectivity index (χ1n) is 5.95. The third-order valence-corrected chi connectivity index (χ3v) is 3.37. The van der Waals surface area contributed by atoms with Crippen molar-refractivity contribution in [3.8, 4) is 0 Å². The number of unbranched alkanes of at least 4 members (excludes halogenated alkanes) is 1. The molecule has 2 nitrogen and oxygen atoms in total. The highest BCUT2D eigenvalue weighted by Gasteiger charge is 2.30. The summed E-state index contributed by atoms with van der Waals surface area (Å²) in [5, 5.41) is 9.13. The number of aliphatic hydroxyl groups is 1. The number of nitrogens with zero attached hydrogens (tertiary/aromatic N) is 1. The van der Waals surface area contributed by atoms with Gasteiger partial charge in [0.25, 0.3) is 0 Å². The molecule has 1 aliphatic rings. The van der Waals surface area contributed by atoms with Crippen LogP contribution in [0.1, 0.15) is 52.9 Å². The van der Waals surface area contributed by atoms with E-state index in [-0.39, 0.29) is 6.10 Å². The van der Waals surface area contributed by atoms with Crippen LogP contribution in [-0.4, -0.2) is 34.7 Å². The lowest BCUT2D eigenvalue weighted by molar-refractivity contribution is 0.157. The summed E-state index contributed by atoms with van der Waals surface area (Å²) in [6.45, 7) is 9.03. The fourth-order valence-electron chi connectivity index (χ4n) is 2.32. The van der Waals surface area contributed by atoms with Gasteiger partial charge >= 0.3 is 0 Å². The first-order valence-corrected chi connectivity index (χ1v) is 5.95. The van der Waals surface area contributed by atoms with Crippen LogP contribution >= 0.6 is 0 Å². The molecular weight excluding hydrogens is 174 g/mol. The normalized spacial score (nSPS) is 24.0. The summed E-state index contributed by atoms with van der Waals surface area (Å²) in [5.41, 5.74) is 0.421. The summed E-state index contributed by atoms with van der Waals surface area (Å²) >= 11 is 0. The van der Waals surface area contributed by atoms with E-state index in [1.165, 1.54) is 32.4 Å². The van der Waals surface area contributed by atoms with E-state index >= 15 is 0 Å². The first-order chi connectivity index (χ1) is 6.52. The highest BCUT2D eigenvalue weighted by atomic mass is 16.3. The second kappa shape index (κ2) is 5.13. The Hall–Kier alpha value is -0.0800. The number of rotatable bonds is 5. The molecule has 1 heterocycles. The van der Waals surface area contributed by atoms with Crippen molar-refractivity contribution in [2.75, 3.05) is 13.1 Å². The summed E-state index contributed by atoms with van der Waals surface area (Å²) < 4.78 is 0. The van der Waals surface area contributed by atoms with E-state index < -0.39 is 0 Å². The van der Waals surface area contributed by atoms with E-state index in [0.717, 1.165) is 12.8 Å². The molecule has 1 rings (SSSR count). The summed E-state index contributed by atoms with van der Waals surface area (Å²) in [5.74, 6) is 0. The molecule has 1 unspecified atom stereocenters. The van der Waals surface area contributed by atoms with Gasteiger partial charge in [-0.15, -0.1) is 0 Å². The summed E-state index contributed by atoms with van der Waals surface area (Å²) in [7, 11) is 0. The molecule has 1 saturated heterocycles. The zero-order valence-corrected chi connectivity index (χ0v) is 9.92. The fraction of sp³-hybridized carbons (Fsp3) is 1.00. The van der Waals surface area contributed by atoms with Crippen LogP contribution in [0.5, 0.6) is 0 Å². The quantitative estimate of drug-likeness (QED) is 0.687. The van der Waals surface area contributed by atoms with Crippen LogP contribution in [0, 0.1) is 0 Å². The van der Waals surface area contributed by atoms with Crippen molar-refractivity contribution in [2.45, 2.75) is 64.5 Å². The Kier molecular flexibility index (Phi) is 4.39. The molecule has 0 spiro atoms. The van der Waals surface area contributed by atoms with E-state index in [0.29, 0.717) is 5.54 Å². The molecule has 14 heavy (non-hydrogen) atoms. The number of likely N-dealkylation sites (tertiary alicyclic amines) is 1. The molecule has 1 aliphatic heterocycles. The van der Waals surface area contributed by atoms with Crippen molar-refractivity contribution >= 4 is 0 Å². The molecule has 0 aromatic heterocycles. The van der Waals surface area contributed by atoms with Crippen LogP contribution in [0.4, 0.5) is 0 Å². The van der Waals surface area contributed by atoms with Crippen molar-refractivity contribution in [3.05, 3.63) is 0 Å². The molecule has 0 bridgehead atoms. The minimum Gasteiger partial charge on any atom is -0.393 e. The van der Waals surface area contributed by atoms with Gasteiger partial charge in [0, 0.05) is 5.54 Å². The largest absolute Gasteiger partial charge is 0.393 e. The van der Waals surface area contributed by atoms with E-state index in [4.69, 9.17) is 5.11 Å². The lowest BCUT2D eigenvalue weighted by Crippen LogP contribution is -2.38. The van der Waals surface area contributed by atoms with Crippen molar-refractivity contribution in [2.24, 2.45) is 0 Å². The van der Waals surface area contributed by atoms with Gasteiger partial charge in [-0.2, -0.15) is 0 Å². The lowest BCUT2D eigenvalue weighted by atomic mass is 10.0. The molecule has 0 aromatic rings. The van der Waals surface area contributed by atoms with Crippen LogP contribution in [-0.2, 0) is 0 Å². The van der Waals surface area contributed by atoms with E-state index in [1.807, 2.05) is 6.92 Å². The van der Waals surface area contributed by atoms with Crippen molar-refractivity contribution < 1.29 is 5.11 Å². The standard InChI is InChI=1S/C12H25NO/c1-11(14)7-4-5-9-13-10-6-8-12(13,2)3/h11,14H,4-10H2,1-3H3. The van der Waals surface area contributed by atoms with Gasteiger partial charge in [0.2, 0.25) is 0 Å². The molecular formula is C12H25NO. The van der Waals surface area contributed by atoms with E-state index in [9.17, 15) is 0 Å². The monoisotopic (exact) mass is 199 g/mol. The fourth-order valence-corrected chi connectivity index (χ4v) is 2.32. The van der Waals surface area contributed by atoms with E-state index in [2.05, 4.69) is 18.7 Å². The minimum atomic E-state index is -0.124. The predicted molar refractivity (Wildman–Crippen MR) is 60.4 cm³/mol. The maximum Gasteiger partial charge on any atom is 0.0512 e. The zero-order chi connectivity index (χ0) is 10.6. The van der Waals surface area contributed by atoms with Crippen LogP contribution in [0.15, 0.2) is 0 Å². The SMILES string of the molecule is CC(O)CCCCN1CCCC1(C)C. The van der Waals surface area contributed by atoms with Crippen molar-refractivity contribution in [1.82, 2.24) is 4.90 Å². The molecule has 2 heteroatoms. The van der Waals surface area contributed by atoms with Crippen molar-refractivity contribution in [3.63, 3.8) is 0 Å². The second-order valence-electron chi connectivity index (χ2n) is 5.25. The predicted octanol–water partition coefficient (Wildman–Crippen LogP) is 2.41. The Bertz CT molecular complexity index is 166. The Morgan fingerprint density at radius 3 is 2.57 bits per heavy atom. The molecule has 1 atom stereocenters. The molecule has 0 aliphatic carbocycles. The van der Waals surface area contributed by atoms with Gasteiger partial charge in [-0.05, 0) is 66.0 Å². The Morgan fingerprint density at radius 1 is 1.36 bits per heavy atom. The van der Waals surface area contributed by atoms with Gasteiger partial charge in [-0.3, -0.25) is 4.90 Å². The van der Waals surface area contributed by atoms with Crippen LogP contribution in [0.3, 0.4) is 0 Å². The Morgan fingerprint density at radius 2 is 2.07 bits per heavy atom. The summed E-state index contributed by atoms with van der Waals surface area (Å²) in [4.78, 5) is 2.59. The van der Waals surface area contributed by atoms with Gasteiger partial charge in [-0.1, -0.05) is 0 Å². The van der Waals surface area contributed by atoms with Crippen LogP contribution in [0.25, 0.3) is 0 Å². The van der Waals surface area contributed by atoms with Gasteiger partial charge in [0.15, 0.2) is 0 Å². The molecule has 1 fully saturated rings. The molecule has 0 amide bonds. The maximum absolute atomic E-state index is 9.13. The van der Waals surface area contributed by atoms with E-state index in [1.54, 1.807) is 0 Å². The zero-order valence-electron chi connectivity index (χ0n) is 9.92. The summed E-state index contributed by atoms with van der Waals surface area (Å²) in [6, 6.07) is 0. The highest BCUT2D eigenvalue weighted by Crippen LogP contribution is 2.28. The highest BCUT2D eigenvalue weighted by molar-refractivity contribution is 4.87. The summed E-state index contributed by atoms with van der Waals surface area (Å²) in [6.07, 6.45) is 5.90. The van der Waals surface area contributed by atoms with Gasteiger partial charge in [0.05, 0.1) is 6.10 Å². The first kappa shape index (κ1) is 12.0. The molecule has 84 valence electrons.